The quantitative estimate of drug-likeness (QED) is 0.818. The molecule has 0 aromatic heterocycles. The zero-order valence-electron chi connectivity index (χ0n) is 13.0. The molecule has 0 amide bonds. The van der Waals surface area contributed by atoms with Crippen molar-refractivity contribution < 1.29 is 5.11 Å². The highest BCUT2D eigenvalue weighted by molar-refractivity contribution is 5.26. The van der Waals surface area contributed by atoms with Gasteiger partial charge in [0.05, 0.1) is 0 Å². The van der Waals surface area contributed by atoms with Crippen molar-refractivity contribution in [1.29, 1.82) is 0 Å². The highest BCUT2D eigenvalue weighted by Gasteiger charge is 2.31. The lowest BCUT2D eigenvalue weighted by atomic mass is 9.70. The number of hydrogen-bond acceptors (Lipinski definition) is 2. The maximum atomic E-state index is 9.42. The number of benzene rings is 1. The number of aromatic hydroxyl groups is 1. The maximum absolute atomic E-state index is 9.42. The van der Waals surface area contributed by atoms with Crippen LogP contribution >= 0.6 is 0 Å². The van der Waals surface area contributed by atoms with Crippen LogP contribution in [-0.4, -0.2) is 18.2 Å². The summed E-state index contributed by atoms with van der Waals surface area (Å²) in [5, 5.41) is 13.1. The molecule has 0 spiro atoms. The van der Waals surface area contributed by atoms with E-state index in [1.807, 2.05) is 12.1 Å². The second-order valence-corrected chi connectivity index (χ2v) is 6.93. The molecule has 0 heterocycles. The third kappa shape index (κ3) is 4.52. The van der Waals surface area contributed by atoms with Crippen molar-refractivity contribution in [3.63, 3.8) is 0 Å². The Morgan fingerprint density at radius 3 is 2.35 bits per heavy atom. The van der Waals surface area contributed by atoms with Crippen LogP contribution in [0.3, 0.4) is 0 Å². The second kappa shape index (κ2) is 7.12. The molecule has 2 N–H and O–H groups in total. The first-order chi connectivity index (χ1) is 9.60. The molecule has 112 valence electrons. The summed E-state index contributed by atoms with van der Waals surface area (Å²) in [6, 6.07) is 7.78. The molecule has 2 rings (SSSR count). The summed E-state index contributed by atoms with van der Waals surface area (Å²) in [5.74, 6) is 1.08. The van der Waals surface area contributed by atoms with Crippen LogP contribution in [0.15, 0.2) is 24.3 Å². The number of phenolic OH excluding ortho intramolecular Hbond substituents is 1. The predicted octanol–water partition coefficient (Wildman–Crippen LogP) is 4.13. The van der Waals surface area contributed by atoms with E-state index in [4.69, 9.17) is 0 Å². The van der Waals surface area contributed by atoms with Crippen LogP contribution in [0.2, 0.25) is 0 Å². The Labute approximate surface area is 123 Å². The lowest BCUT2D eigenvalue weighted by Crippen LogP contribution is -2.39. The van der Waals surface area contributed by atoms with Gasteiger partial charge in [0.15, 0.2) is 0 Å². The molecule has 2 nitrogen and oxygen atoms in total. The summed E-state index contributed by atoms with van der Waals surface area (Å²) in [6.45, 7) is 6.77. The molecular weight excluding hydrogens is 246 g/mol. The van der Waals surface area contributed by atoms with Crippen molar-refractivity contribution in [1.82, 2.24) is 5.32 Å². The van der Waals surface area contributed by atoms with Crippen LogP contribution in [0.4, 0.5) is 0 Å². The molecule has 1 aliphatic rings. The molecule has 1 saturated carbocycles. The lowest BCUT2D eigenvalue weighted by molar-refractivity contribution is 0.179. The first-order valence-corrected chi connectivity index (χ1v) is 8.08. The topological polar surface area (TPSA) is 32.3 Å². The summed E-state index contributed by atoms with van der Waals surface area (Å²) in [6.07, 6.45) is 7.92. The van der Waals surface area contributed by atoms with Gasteiger partial charge in [-0.25, -0.2) is 0 Å². The molecule has 0 radical (unpaired) electrons. The fourth-order valence-electron chi connectivity index (χ4n) is 3.39. The van der Waals surface area contributed by atoms with Crippen molar-refractivity contribution in [2.24, 2.45) is 11.3 Å². The maximum Gasteiger partial charge on any atom is 0.115 e. The highest BCUT2D eigenvalue weighted by Crippen LogP contribution is 2.39. The van der Waals surface area contributed by atoms with Gasteiger partial charge in [0.1, 0.15) is 5.75 Å². The highest BCUT2D eigenvalue weighted by atomic mass is 16.3. The monoisotopic (exact) mass is 275 g/mol. The number of hydrogen-bond donors (Lipinski definition) is 2. The minimum atomic E-state index is 0.365. The molecule has 2 heteroatoms. The largest absolute Gasteiger partial charge is 0.508 e. The van der Waals surface area contributed by atoms with Crippen LogP contribution in [0.25, 0.3) is 0 Å². The summed E-state index contributed by atoms with van der Waals surface area (Å²) < 4.78 is 0. The Morgan fingerprint density at radius 2 is 1.75 bits per heavy atom. The van der Waals surface area contributed by atoms with E-state index in [2.05, 4.69) is 31.3 Å². The van der Waals surface area contributed by atoms with Gasteiger partial charge in [-0.05, 0) is 54.8 Å². The van der Waals surface area contributed by atoms with E-state index in [0.29, 0.717) is 17.1 Å². The summed E-state index contributed by atoms with van der Waals surface area (Å²) in [7, 11) is 0. The molecular formula is C18H29NO. The van der Waals surface area contributed by atoms with Gasteiger partial charge in [0, 0.05) is 6.54 Å². The number of nitrogens with one attached hydrogen (secondary N) is 1. The fourth-order valence-corrected chi connectivity index (χ4v) is 3.39. The van der Waals surface area contributed by atoms with Gasteiger partial charge in [-0.2, -0.15) is 0 Å². The van der Waals surface area contributed by atoms with Crippen molar-refractivity contribution in [2.45, 2.75) is 52.4 Å². The van der Waals surface area contributed by atoms with Crippen LogP contribution in [0, 0.1) is 11.3 Å². The van der Waals surface area contributed by atoms with Crippen LogP contribution in [-0.2, 0) is 6.42 Å². The lowest BCUT2D eigenvalue weighted by Gasteiger charge is -2.38. The first-order valence-electron chi connectivity index (χ1n) is 8.08. The Bertz CT molecular complexity index is 390. The molecule has 0 atom stereocenters. The molecule has 1 fully saturated rings. The van der Waals surface area contributed by atoms with Crippen molar-refractivity contribution >= 4 is 0 Å². The number of phenols is 1. The van der Waals surface area contributed by atoms with E-state index in [1.54, 1.807) is 0 Å². The second-order valence-electron chi connectivity index (χ2n) is 6.93. The van der Waals surface area contributed by atoms with Gasteiger partial charge in [-0.15, -0.1) is 0 Å². The van der Waals surface area contributed by atoms with E-state index >= 15 is 0 Å². The van der Waals surface area contributed by atoms with Gasteiger partial charge < -0.3 is 10.4 Å². The van der Waals surface area contributed by atoms with Gasteiger partial charge in [-0.1, -0.05) is 45.2 Å². The predicted molar refractivity (Wildman–Crippen MR) is 85.0 cm³/mol. The average molecular weight is 275 g/mol. The molecule has 0 unspecified atom stereocenters. The summed E-state index contributed by atoms with van der Waals surface area (Å²) >= 11 is 0. The average Bonchev–Trinajstić information content (AvgIpc) is 2.42. The van der Waals surface area contributed by atoms with Crippen molar-refractivity contribution in [3.05, 3.63) is 29.8 Å². The van der Waals surface area contributed by atoms with E-state index in [1.165, 1.54) is 37.7 Å². The van der Waals surface area contributed by atoms with Crippen molar-refractivity contribution in [3.8, 4) is 5.75 Å². The standard InChI is InChI=1S/C18H29NO/c1-15(2)13-19-14-18(10-4-3-5-11-18)12-16-6-8-17(20)9-7-16/h6-9,15,19-20H,3-5,10-14H2,1-2H3. The SMILES string of the molecule is CC(C)CNCC1(Cc2ccc(O)cc2)CCCCC1. The Morgan fingerprint density at radius 1 is 1.10 bits per heavy atom. The molecule has 1 aromatic carbocycles. The minimum Gasteiger partial charge on any atom is -0.508 e. The molecule has 20 heavy (non-hydrogen) atoms. The third-order valence-corrected chi connectivity index (χ3v) is 4.48. The van der Waals surface area contributed by atoms with Crippen LogP contribution in [0.5, 0.6) is 5.75 Å². The first kappa shape index (κ1) is 15.4. The zero-order valence-corrected chi connectivity index (χ0v) is 13.0. The normalized spacial score (nSPS) is 18.4. The Balaban J connectivity index is 2.00. The third-order valence-electron chi connectivity index (χ3n) is 4.48. The van der Waals surface area contributed by atoms with Gasteiger partial charge in [-0.3, -0.25) is 0 Å². The van der Waals surface area contributed by atoms with E-state index < -0.39 is 0 Å². The summed E-state index contributed by atoms with van der Waals surface area (Å²) in [5.41, 5.74) is 1.78. The van der Waals surface area contributed by atoms with Crippen LogP contribution < -0.4 is 5.32 Å². The minimum absolute atomic E-state index is 0.365. The molecule has 1 aliphatic carbocycles. The number of rotatable bonds is 6. The smallest absolute Gasteiger partial charge is 0.115 e. The molecule has 1 aromatic rings. The van der Waals surface area contributed by atoms with E-state index in [0.717, 1.165) is 19.5 Å². The Hall–Kier alpha value is -1.02. The van der Waals surface area contributed by atoms with Crippen molar-refractivity contribution in [2.75, 3.05) is 13.1 Å². The zero-order chi connectivity index (χ0) is 14.4. The van der Waals surface area contributed by atoms with E-state index in [9.17, 15) is 5.11 Å². The van der Waals surface area contributed by atoms with Crippen LogP contribution in [0.1, 0.15) is 51.5 Å². The molecule has 0 aliphatic heterocycles. The van der Waals surface area contributed by atoms with Gasteiger partial charge in [0.2, 0.25) is 0 Å². The summed E-state index contributed by atoms with van der Waals surface area (Å²) in [4.78, 5) is 0. The molecule has 0 bridgehead atoms. The fraction of sp³-hybridized carbons (Fsp3) is 0.667. The van der Waals surface area contributed by atoms with Gasteiger partial charge in [0.25, 0.3) is 0 Å². The van der Waals surface area contributed by atoms with Gasteiger partial charge >= 0.3 is 0 Å². The Kier molecular flexibility index (Phi) is 5.47. The molecule has 0 saturated heterocycles. The van der Waals surface area contributed by atoms with E-state index in [-0.39, 0.29) is 0 Å².